The molecular weight excluding hydrogens is 204 g/mol. The number of nitrogen functional groups attached to an aromatic ring is 1. The van der Waals surface area contributed by atoms with Crippen molar-refractivity contribution in [3.8, 4) is 0 Å². The summed E-state index contributed by atoms with van der Waals surface area (Å²) in [7, 11) is 0. The summed E-state index contributed by atoms with van der Waals surface area (Å²) in [5, 5.41) is 10.5. The number of anilines is 1. The topological polar surface area (TPSA) is 89.3 Å². The predicted octanol–water partition coefficient (Wildman–Crippen LogP) is 1.13. The van der Waals surface area contributed by atoms with E-state index in [9.17, 15) is 9.90 Å². The van der Waals surface area contributed by atoms with Crippen molar-refractivity contribution in [2.45, 2.75) is 31.3 Å². The summed E-state index contributed by atoms with van der Waals surface area (Å²) in [6.07, 6.45) is 3.18. The van der Waals surface area contributed by atoms with E-state index in [-0.39, 0.29) is 0 Å². The van der Waals surface area contributed by atoms with Crippen LogP contribution >= 0.6 is 0 Å². The summed E-state index contributed by atoms with van der Waals surface area (Å²) >= 11 is 0. The number of hydrogen-bond acceptors (Lipinski definition) is 3. The van der Waals surface area contributed by atoms with E-state index < -0.39 is 11.5 Å². The van der Waals surface area contributed by atoms with Crippen LogP contribution < -0.4 is 11.5 Å². The zero-order chi connectivity index (χ0) is 11.8. The van der Waals surface area contributed by atoms with E-state index in [4.69, 9.17) is 11.5 Å². The molecule has 0 radical (unpaired) electrons. The number of carbonyl (C=O) groups is 1. The average molecular weight is 220 g/mol. The monoisotopic (exact) mass is 220 g/mol. The lowest BCUT2D eigenvalue weighted by Crippen LogP contribution is -2.27. The highest BCUT2D eigenvalue weighted by atomic mass is 16.3. The molecule has 0 aromatic heterocycles. The normalized spacial score (nSPS) is 18.6. The van der Waals surface area contributed by atoms with Crippen LogP contribution in [0.25, 0.3) is 0 Å². The molecule has 0 heterocycles. The van der Waals surface area contributed by atoms with E-state index >= 15 is 0 Å². The molecule has 0 spiro atoms. The van der Waals surface area contributed by atoms with Gasteiger partial charge in [0.05, 0.1) is 5.60 Å². The van der Waals surface area contributed by atoms with E-state index in [1.54, 1.807) is 18.2 Å². The van der Waals surface area contributed by atoms with Crippen LogP contribution in [-0.2, 0) is 5.60 Å². The van der Waals surface area contributed by atoms with Gasteiger partial charge in [-0.05, 0) is 25.0 Å². The van der Waals surface area contributed by atoms with Crippen molar-refractivity contribution in [2.24, 2.45) is 5.73 Å². The van der Waals surface area contributed by atoms with Crippen molar-refractivity contribution in [1.29, 1.82) is 0 Å². The number of primary amides is 1. The third-order valence-corrected chi connectivity index (χ3v) is 3.26. The molecule has 4 heteroatoms. The molecule has 4 nitrogen and oxygen atoms in total. The molecule has 1 aliphatic rings. The first-order valence-electron chi connectivity index (χ1n) is 5.46. The van der Waals surface area contributed by atoms with Gasteiger partial charge in [0.15, 0.2) is 0 Å². The molecule has 0 unspecified atom stereocenters. The fraction of sp³-hybridized carbons (Fsp3) is 0.417. The number of rotatable bonds is 2. The summed E-state index contributed by atoms with van der Waals surface area (Å²) in [6, 6.07) is 4.99. The smallest absolute Gasteiger partial charge is 0.249 e. The van der Waals surface area contributed by atoms with Gasteiger partial charge >= 0.3 is 0 Å². The quantitative estimate of drug-likeness (QED) is 0.652. The molecular formula is C12H16N2O2. The lowest BCUT2D eigenvalue weighted by Gasteiger charge is -2.26. The van der Waals surface area contributed by atoms with E-state index in [0.717, 1.165) is 12.8 Å². The Labute approximate surface area is 94.3 Å². The fourth-order valence-corrected chi connectivity index (χ4v) is 2.50. The van der Waals surface area contributed by atoms with Gasteiger partial charge in [-0.1, -0.05) is 18.9 Å². The standard InChI is InChI=1S/C12H16N2O2/c13-9-5-3-4-8(11(14)15)10(9)12(16)6-1-2-7-12/h3-5,16H,1-2,6-7,13H2,(H2,14,15). The second-order valence-corrected chi connectivity index (χ2v) is 4.37. The van der Waals surface area contributed by atoms with Crippen molar-refractivity contribution in [3.05, 3.63) is 29.3 Å². The molecule has 5 N–H and O–H groups in total. The molecule has 0 bridgehead atoms. The predicted molar refractivity (Wildman–Crippen MR) is 61.7 cm³/mol. The maximum absolute atomic E-state index is 11.3. The maximum atomic E-state index is 11.3. The largest absolute Gasteiger partial charge is 0.398 e. The van der Waals surface area contributed by atoms with E-state index in [2.05, 4.69) is 0 Å². The molecule has 0 saturated heterocycles. The van der Waals surface area contributed by atoms with Gasteiger partial charge in [-0.25, -0.2) is 0 Å². The van der Waals surface area contributed by atoms with Gasteiger partial charge in [0.2, 0.25) is 5.91 Å². The van der Waals surface area contributed by atoms with Crippen LogP contribution in [0.5, 0.6) is 0 Å². The van der Waals surface area contributed by atoms with Crippen molar-refractivity contribution >= 4 is 11.6 Å². The molecule has 0 atom stereocenters. The van der Waals surface area contributed by atoms with Gasteiger partial charge in [-0.15, -0.1) is 0 Å². The van der Waals surface area contributed by atoms with E-state index in [0.29, 0.717) is 29.7 Å². The highest BCUT2D eigenvalue weighted by Gasteiger charge is 2.37. The number of hydrogen-bond donors (Lipinski definition) is 3. The Morgan fingerprint density at radius 3 is 2.50 bits per heavy atom. The Bertz CT molecular complexity index is 423. The molecule has 1 aromatic carbocycles. The van der Waals surface area contributed by atoms with Crippen LogP contribution in [0.3, 0.4) is 0 Å². The average Bonchev–Trinajstić information content (AvgIpc) is 2.65. The molecule has 2 rings (SSSR count). The Hall–Kier alpha value is -1.55. The zero-order valence-electron chi connectivity index (χ0n) is 9.07. The summed E-state index contributed by atoms with van der Waals surface area (Å²) in [6.45, 7) is 0. The highest BCUT2D eigenvalue weighted by Crippen LogP contribution is 2.42. The minimum atomic E-state index is -0.976. The maximum Gasteiger partial charge on any atom is 0.249 e. The van der Waals surface area contributed by atoms with Crippen molar-refractivity contribution < 1.29 is 9.90 Å². The number of nitrogens with two attached hydrogens (primary N) is 2. The van der Waals surface area contributed by atoms with Crippen LogP contribution in [0.2, 0.25) is 0 Å². The minimum absolute atomic E-state index is 0.337. The van der Waals surface area contributed by atoms with Gasteiger partial charge in [-0.3, -0.25) is 4.79 Å². The third-order valence-electron chi connectivity index (χ3n) is 3.26. The van der Waals surface area contributed by atoms with Crippen LogP contribution in [-0.4, -0.2) is 11.0 Å². The highest BCUT2D eigenvalue weighted by molar-refractivity contribution is 5.96. The van der Waals surface area contributed by atoms with Crippen molar-refractivity contribution in [1.82, 2.24) is 0 Å². The van der Waals surface area contributed by atoms with Gasteiger partial charge in [0.1, 0.15) is 0 Å². The lowest BCUT2D eigenvalue weighted by atomic mass is 9.86. The van der Waals surface area contributed by atoms with Crippen molar-refractivity contribution in [2.75, 3.05) is 5.73 Å². The third kappa shape index (κ3) is 1.65. The fourth-order valence-electron chi connectivity index (χ4n) is 2.50. The Kier molecular flexibility index (Phi) is 2.59. The van der Waals surface area contributed by atoms with Gasteiger partial charge in [0.25, 0.3) is 0 Å². The van der Waals surface area contributed by atoms with Crippen molar-refractivity contribution in [3.63, 3.8) is 0 Å². The van der Waals surface area contributed by atoms with Gasteiger partial charge < -0.3 is 16.6 Å². The van der Waals surface area contributed by atoms with E-state index in [1.807, 2.05) is 0 Å². The summed E-state index contributed by atoms with van der Waals surface area (Å²) in [4.78, 5) is 11.3. The minimum Gasteiger partial charge on any atom is -0.398 e. The van der Waals surface area contributed by atoms with Gasteiger partial charge in [0, 0.05) is 16.8 Å². The Balaban J connectivity index is 2.57. The first kappa shape index (κ1) is 11.0. The molecule has 1 saturated carbocycles. The lowest BCUT2D eigenvalue weighted by molar-refractivity contribution is 0.0439. The summed E-state index contributed by atoms with van der Waals surface area (Å²) < 4.78 is 0. The molecule has 86 valence electrons. The Morgan fingerprint density at radius 1 is 1.31 bits per heavy atom. The second kappa shape index (κ2) is 3.79. The number of carbonyl (C=O) groups excluding carboxylic acids is 1. The number of benzene rings is 1. The van der Waals surface area contributed by atoms with Crippen LogP contribution in [0.15, 0.2) is 18.2 Å². The molecule has 1 aromatic rings. The molecule has 1 fully saturated rings. The zero-order valence-corrected chi connectivity index (χ0v) is 9.07. The Morgan fingerprint density at radius 2 is 1.94 bits per heavy atom. The summed E-state index contributed by atoms with van der Waals surface area (Å²) in [5.41, 5.74) is 11.5. The van der Waals surface area contributed by atoms with Gasteiger partial charge in [-0.2, -0.15) is 0 Å². The van der Waals surface area contributed by atoms with E-state index in [1.165, 1.54) is 0 Å². The first-order chi connectivity index (χ1) is 7.54. The SMILES string of the molecule is NC(=O)c1cccc(N)c1C1(O)CCCC1. The number of amides is 1. The number of aliphatic hydroxyl groups is 1. The van der Waals surface area contributed by atoms with Crippen LogP contribution in [0, 0.1) is 0 Å². The summed E-state index contributed by atoms with van der Waals surface area (Å²) in [5.74, 6) is -0.539. The second-order valence-electron chi connectivity index (χ2n) is 4.37. The first-order valence-corrected chi connectivity index (χ1v) is 5.46. The molecule has 0 aliphatic heterocycles. The molecule has 1 aliphatic carbocycles. The van der Waals surface area contributed by atoms with Crippen LogP contribution in [0.1, 0.15) is 41.6 Å². The van der Waals surface area contributed by atoms with Crippen LogP contribution in [0.4, 0.5) is 5.69 Å². The molecule has 16 heavy (non-hydrogen) atoms. The molecule has 1 amide bonds.